The average molecular weight is 885 g/mol. The van der Waals surface area contributed by atoms with Crippen molar-refractivity contribution in [1.82, 2.24) is 43.7 Å². The normalized spacial score (nSPS) is 23.9. The van der Waals surface area contributed by atoms with Crippen LogP contribution in [0, 0.1) is 5.92 Å². The summed E-state index contributed by atoms with van der Waals surface area (Å²) in [5.74, 6) is -0.0854. The zero-order valence-corrected chi connectivity index (χ0v) is 36.3. The molecule has 2 aliphatic heterocycles. The van der Waals surface area contributed by atoms with Gasteiger partial charge in [-0.1, -0.05) is 25.0 Å². The molecule has 3 N–H and O–H groups in total. The maximum Gasteiger partial charge on any atom is 0.329 e. The zero-order valence-electron chi connectivity index (χ0n) is 36.3. The summed E-state index contributed by atoms with van der Waals surface area (Å²) < 4.78 is 41.3. The zero-order chi connectivity index (χ0) is 44.5. The van der Waals surface area contributed by atoms with Crippen LogP contribution in [0.15, 0.2) is 47.7 Å². The molecule has 18 heteroatoms. The Labute approximate surface area is 369 Å². The highest BCUT2D eigenvalue weighted by atomic mass is 19.3. The Balaban J connectivity index is 0.728. The summed E-state index contributed by atoms with van der Waals surface area (Å²) >= 11 is 0. The Morgan fingerprint density at radius 2 is 1.80 bits per heavy atom. The number of nitrogens with zero attached hydrogens (tertiary/aromatic N) is 8. The van der Waals surface area contributed by atoms with Gasteiger partial charge in [-0.15, -0.1) is 0 Å². The molecule has 0 bridgehead atoms. The number of imidazole rings is 1. The molecule has 4 aliphatic rings. The Kier molecular flexibility index (Phi) is 13.0. The Morgan fingerprint density at radius 3 is 2.56 bits per heavy atom. The number of likely N-dealkylation sites (tertiary alicyclic amines) is 1. The van der Waals surface area contributed by atoms with Gasteiger partial charge in [-0.05, 0) is 94.2 Å². The van der Waals surface area contributed by atoms with E-state index in [1.54, 1.807) is 34.8 Å². The summed E-state index contributed by atoms with van der Waals surface area (Å²) in [5, 5.41) is 24.7. The fourth-order valence-electron chi connectivity index (χ4n) is 10.5. The molecule has 0 spiro atoms. The van der Waals surface area contributed by atoms with Crippen LogP contribution in [0.1, 0.15) is 129 Å². The molecule has 6 heterocycles. The number of carbonyl (C=O) groups is 3. The van der Waals surface area contributed by atoms with Gasteiger partial charge in [0.15, 0.2) is 11.4 Å². The van der Waals surface area contributed by atoms with Gasteiger partial charge in [0.2, 0.25) is 11.8 Å². The van der Waals surface area contributed by atoms with Crippen LogP contribution in [-0.4, -0.2) is 106 Å². The number of nitrogens with one attached hydrogen (secondary N) is 2. The van der Waals surface area contributed by atoms with Gasteiger partial charge in [-0.2, -0.15) is 10.2 Å². The van der Waals surface area contributed by atoms with Crippen molar-refractivity contribution in [3.05, 3.63) is 75.7 Å². The smallest absolute Gasteiger partial charge is 0.329 e. The number of para-hydroxylation sites is 1. The molecule has 2 aliphatic carbocycles. The number of aryl methyl sites for hydroxylation is 2. The van der Waals surface area contributed by atoms with Crippen molar-refractivity contribution in [2.24, 2.45) is 13.0 Å². The first-order chi connectivity index (χ1) is 31.0. The second kappa shape index (κ2) is 19.0. The second-order valence-corrected chi connectivity index (χ2v) is 18.3. The number of carbonyl (C=O) groups excluding carboxylic acids is 3. The summed E-state index contributed by atoms with van der Waals surface area (Å²) in [4.78, 5) is 58.4. The largest absolute Gasteiger partial charge is 0.391 e. The van der Waals surface area contributed by atoms with E-state index in [2.05, 4.69) is 30.7 Å². The Hall–Kier alpha value is -5.33. The lowest BCUT2D eigenvalue weighted by molar-refractivity contribution is -0.135. The van der Waals surface area contributed by atoms with Crippen LogP contribution in [0.25, 0.3) is 16.7 Å². The van der Waals surface area contributed by atoms with Crippen molar-refractivity contribution < 1.29 is 33.0 Å². The highest BCUT2D eigenvalue weighted by Crippen LogP contribution is 2.35. The van der Waals surface area contributed by atoms with E-state index in [9.17, 15) is 33.1 Å². The van der Waals surface area contributed by atoms with E-state index in [1.807, 2.05) is 18.2 Å². The van der Waals surface area contributed by atoms with Crippen molar-refractivity contribution in [2.75, 3.05) is 31.6 Å². The molecule has 342 valence electrons. The fraction of sp³-hybridized carbons (Fsp3) is 0.587. The van der Waals surface area contributed by atoms with Gasteiger partial charge in [-0.3, -0.25) is 33.5 Å². The van der Waals surface area contributed by atoms with Gasteiger partial charge in [0.1, 0.15) is 17.6 Å². The number of hydrogen-bond acceptors (Lipinski definition) is 11. The second-order valence-electron chi connectivity index (χ2n) is 18.3. The van der Waals surface area contributed by atoms with Crippen LogP contribution in [-0.2, 0) is 34.2 Å². The number of imide groups is 1. The first-order valence-electron chi connectivity index (χ1n) is 23.1. The highest BCUT2D eigenvalue weighted by molar-refractivity contribution is 6.02. The number of amides is 2. The van der Waals surface area contributed by atoms with Crippen molar-refractivity contribution in [3.63, 3.8) is 0 Å². The highest BCUT2D eigenvalue weighted by Gasteiger charge is 2.33. The van der Waals surface area contributed by atoms with E-state index < -0.39 is 24.5 Å². The third kappa shape index (κ3) is 9.27. The molecular formula is C46H58F2N10O6. The molecular weight excluding hydrogens is 827 g/mol. The molecule has 16 nitrogen and oxygen atoms in total. The number of fused-ring (bicyclic) bond motifs is 2. The summed E-state index contributed by atoms with van der Waals surface area (Å²) in [6.07, 6.45) is 12.5. The molecule has 3 atom stereocenters. The molecule has 9 rings (SSSR count). The maximum absolute atomic E-state index is 14.3. The molecule has 1 unspecified atom stereocenters. The monoisotopic (exact) mass is 884 g/mol. The number of Topliss-reactive ketones (excluding diaryl/α,β-unsaturated/α-hetero) is 1. The van der Waals surface area contributed by atoms with Gasteiger partial charge in [0.25, 0.3) is 6.43 Å². The van der Waals surface area contributed by atoms with E-state index in [4.69, 9.17) is 4.74 Å². The van der Waals surface area contributed by atoms with Crippen molar-refractivity contribution in [2.45, 2.75) is 133 Å². The third-order valence-corrected chi connectivity index (χ3v) is 14.0. The van der Waals surface area contributed by atoms with Gasteiger partial charge in [0, 0.05) is 64.1 Å². The predicted octanol–water partition coefficient (Wildman–Crippen LogP) is 5.48. The van der Waals surface area contributed by atoms with Crippen LogP contribution in [0.5, 0.6) is 0 Å². The summed E-state index contributed by atoms with van der Waals surface area (Å²) in [6, 6.07) is 6.67. The molecule has 4 fully saturated rings. The van der Waals surface area contributed by atoms with Crippen molar-refractivity contribution in [1.29, 1.82) is 0 Å². The quantitative estimate of drug-likeness (QED) is 0.0688. The molecule has 2 saturated heterocycles. The SMILES string of the molecule is Cn1c(=O)n(C2CCC(=O)NC2=O)c2cccc(CCCOC3CCN(CC4CCC(n5cc(CC(=O)c6cnn7ccc(N[C@H]8CCCC[C@H]8O)nc67)c(C(F)F)n5)CC4)CC3)c21. The number of benzene rings is 1. The van der Waals surface area contributed by atoms with E-state index in [-0.39, 0.29) is 65.2 Å². The number of anilines is 1. The topological polar surface area (TPSA) is 183 Å². The average Bonchev–Trinajstić information content (AvgIpc) is 3.98. The fourth-order valence-corrected chi connectivity index (χ4v) is 10.5. The predicted molar refractivity (Wildman–Crippen MR) is 233 cm³/mol. The van der Waals surface area contributed by atoms with Crippen LogP contribution in [0.4, 0.5) is 14.6 Å². The van der Waals surface area contributed by atoms with E-state index >= 15 is 0 Å². The van der Waals surface area contributed by atoms with Crippen LogP contribution in [0.2, 0.25) is 0 Å². The molecule has 5 aromatic rings. The number of aromatic nitrogens is 7. The number of rotatable bonds is 15. The maximum atomic E-state index is 14.3. The van der Waals surface area contributed by atoms with E-state index in [1.165, 1.54) is 15.3 Å². The lowest BCUT2D eigenvalue weighted by Gasteiger charge is -2.36. The Bertz CT molecular complexity index is 2550. The molecule has 0 radical (unpaired) electrons. The van der Waals surface area contributed by atoms with E-state index in [0.717, 1.165) is 108 Å². The third-order valence-electron chi connectivity index (χ3n) is 14.0. The number of halogens is 2. The lowest BCUT2D eigenvalue weighted by atomic mass is 9.85. The van der Waals surface area contributed by atoms with Crippen LogP contribution in [0.3, 0.4) is 0 Å². The number of hydrogen-bond donors (Lipinski definition) is 3. The van der Waals surface area contributed by atoms with Crippen LogP contribution >= 0.6 is 0 Å². The van der Waals surface area contributed by atoms with Gasteiger partial charge in [0.05, 0.1) is 47.1 Å². The molecule has 2 saturated carbocycles. The molecule has 64 heavy (non-hydrogen) atoms. The minimum Gasteiger partial charge on any atom is -0.391 e. The number of piperidine rings is 2. The standard InChI is InChI=1S/C46H58F2N10O6/c1-54-42-29(6-4-9-35(42)58(46(54)63)36-15-16-40(61)52-45(36)62)7-5-23-64-32-17-20-55(21-18-32)26-28-11-13-31(14-12-28)57-27-30(41(53-57)43(47)48)24-38(60)33-25-49-56-22-19-39(51-44(33)56)50-34-8-2-3-10-37(34)59/h4,6,9,19,22,25,27-28,31-32,34,36-37,43,59H,2-3,5,7-8,10-18,20-21,23-24,26H2,1H3,(H,50,51)(H,52,61,62)/t28?,31?,34-,36?,37+/m0/s1. The Morgan fingerprint density at radius 1 is 1.00 bits per heavy atom. The summed E-state index contributed by atoms with van der Waals surface area (Å²) in [7, 11) is 1.72. The first-order valence-corrected chi connectivity index (χ1v) is 23.1. The van der Waals surface area contributed by atoms with Gasteiger partial charge < -0.3 is 20.1 Å². The van der Waals surface area contributed by atoms with Gasteiger partial charge >= 0.3 is 5.69 Å². The first kappa shape index (κ1) is 43.9. The molecule has 4 aromatic heterocycles. The van der Waals surface area contributed by atoms with E-state index in [0.29, 0.717) is 35.9 Å². The molecule has 1 aromatic carbocycles. The minimum absolute atomic E-state index is 0.0127. The number of aliphatic hydroxyl groups excluding tert-OH is 1. The number of aliphatic hydroxyl groups is 1. The number of ketones is 1. The van der Waals surface area contributed by atoms with Crippen molar-refractivity contribution >= 4 is 40.1 Å². The van der Waals surface area contributed by atoms with Crippen LogP contribution < -0.4 is 16.3 Å². The summed E-state index contributed by atoms with van der Waals surface area (Å²) in [6.45, 7) is 3.51. The number of ether oxygens (including phenoxy) is 1. The summed E-state index contributed by atoms with van der Waals surface area (Å²) in [5.41, 5.74) is 2.69. The van der Waals surface area contributed by atoms with Crippen molar-refractivity contribution in [3.8, 4) is 0 Å². The van der Waals surface area contributed by atoms with Gasteiger partial charge in [-0.25, -0.2) is 23.1 Å². The minimum atomic E-state index is -2.81. The number of alkyl halides is 2. The molecule has 2 amide bonds. The lowest BCUT2D eigenvalue weighted by Crippen LogP contribution is -2.44.